The Balaban J connectivity index is 3.31. The highest BCUT2D eigenvalue weighted by atomic mass is 32.2. The molecule has 0 bridgehead atoms. The fourth-order valence-electron chi connectivity index (χ4n) is 0.941. The molecule has 80 valence electrons. The van der Waals surface area contributed by atoms with Crippen molar-refractivity contribution in [2.24, 2.45) is 10.9 Å². The quantitative estimate of drug-likeness (QED) is 0.197. The number of amidine groups is 1. The molecule has 0 aromatic carbocycles. The van der Waals surface area contributed by atoms with Crippen molar-refractivity contribution in [3.8, 4) is 0 Å². The molecule has 1 rings (SSSR count). The Labute approximate surface area is 89.1 Å². The Kier molecular flexibility index (Phi) is 3.45. The van der Waals surface area contributed by atoms with Gasteiger partial charge < -0.3 is 10.9 Å². The molecule has 0 amide bonds. The zero-order valence-corrected chi connectivity index (χ0v) is 8.56. The first-order chi connectivity index (χ1) is 7.10. The van der Waals surface area contributed by atoms with Crippen molar-refractivity contribution in [1.29, 1.82) is 0 Å². The standard InChI is InChI=1S/C7H8N4O3S/c1-15-7-5(6(8)10-12)2-4(3-9-7)11(13)14/h2-3,12H,1H3,(H2,8,10). The molecule has 0 atom stereocenters. The fourth-order valence-corrected chi connectivity index (χ4v) is 1.48. The van der Waals surface area contributed by atoms with Crippen molar-refractivity contribution < 1.29 is 10.1 Å². The second kappa shape index (κ2) is 4.60. The number of hydrogen-bond donors (Lipinski definition) is 2. The van der Waals surface area contributed by atoms with Crippen LogP contribution in [-0.2, 0) is 0 Å². The van der Waals surface area contributed by atoms with E-state index in [4.69, 9.17) is 10.9 Å². The van der Waals surface area contributed by atoms with Crippen molar-refractivity contribution in [1.82, 2.24) is 4.98 Å². The Morgan fingerprint density at radius 2 is 2.47 bits per heavy atom. The van der Waals surface area contributed by atoms with Crippen LogP contribution in [0.3, 0.4) is 0 Å². The first-order valence-corrected chi connectivity index (χ1v) is 4.99. The van der Waals surface area contributed by atoms with Crippen LogP contribution < -0.4 is 5.73 Å². The number of hydrogen-bond acceptors (Lipinski definition) is 6. The summed E-state index contributed by atoms with van der Waals surface area (Å²) in [4.78, 5) is 13.7. The summed E-state index contributed by atoms with van der Waals surface area (Å²) in [6.07, 6.45) is 2.86. The van der Waals surface area contributed by atoms with E-state index in [9.17, 15) is 10.1 Å². The van der Waals surface area contributed by atoms with Crippen molar-refractivity contribution in [2.45, 2.75) is 5.03 Å². The lowest BCUT2D eigenvalue weighted by Crippen LogP contribution is -2.15. The fraction of sp³-hybridized carbons (Fsp3) is 0.143. The molecule has 15 heavy (non-hydrogen) atoms. The number of thioether (sulfide) groups is 1. The maximum absolute atomic E-state index is 10.5. The highest BCUT2D eigenvalue weighted by Crippen LogP contribution is 2.21. The predicted molar refractivity (Wildman–Crippen MR) is 55.2 cm³/mol. The number of oxime groups is 1. The molecule has 0 saturated heterocycles. The molecule has 0 aliphatic rings. The third kappa shape index (κ3) is 2.34. The molecule has 1 heterocycles. The van der Waals surface area contributed by atoms with E-state index in [0.717, 1.165) is 6.20 Å². The largest absolute Gasteiger partial charge is 0.409 e. The lowest BCUT2D eigenvalue weighted by molar-refractivity contribution is -0.385. The Morgan fingerprint density at radius 3 is 2.93 bits per heavy atom. The second-order valence-electron chi connectivity index (χ2n) is 2.49. The third-order valence-electron chi connectivity index (χ3n) is 1.62. The molecule has 0 aliphatic carbocycles. The molecule has 7 nitrogen and oxygen atoms in total. The van der Waals surface area contributed by atoms with Gasteiger partial charge in [-0.3, -0.25) is 10.1 Å². The summed E-state index contributed by atoms with van der Waals surface area (Å²) in [6.45, 7) is 0. The Hall–Kier alpha value is -1.83. The van der Waals surface area contributed by atoms with Crippen LogP contribution in [0.1, 0.15) is 5.56 Å². The summed E-state index contributed by atoms with van der Waals surface area (Å²) in [6, 6.07) is 1.22. The lowest BCUT2D eigenvalue weighted by Gasteiger charge is -2.03. The summed E-state index contributed by atoms with van der Waals surface area (Å²) in [7, 11) is 0. The predicted octanol–water partition coefficient (Wildman–Crippen LogP) is 0.806. The van der Waals surface area contributed by atoms with E-state index < -0.39 is 4.92 Å². The summed E-state index contributed by atoms with van der Waals surface area (Å²) in [5, 5.41) is 22.2. The molecule has 0 unspecified atom stereocenters. The van der Waals surface area contributed by atoms with E-state index >= 15 is 0 Å². The second-order valence-corrected chi connectivity index (χ2v) is 3.29. The van der Waals surface area contributed by atoms with Gasteiger partial charge in [-0.1, -0.05) is 5.16 Å². The molecule has 0 aliphatic heterocycles. The monoisotopic (exact) mass is 228 g/mol. The van der Waals surface area contributed by atoms with E-state index in [1.807, 2.05) is 0 Å². The zero-order chi connectivity index (χ0) is 11.4. The smallest absolute Gasteiger partial charge is 0.288 e. The van der Waals surface area contributed by atoms with Gasteiger partial charge in [-0.05, 0) is 6.26 Å². The van der Waals surface area contributed by atoms with E-state index in [1.165, 1.54) is 17.8 Å². The highest BCUT2D eigenvalue weighted by Gasteiger charge is 2.14. The maximum Gasteiger partial charge on any atom is 0.288 e. The number of nitrogens with zero attached hydrogens (tertiary/aromatic N) is 3. The van der Waals surface area contributed by atoms with E-state index in [-0.39, 0.29) is 17.1 Å². The van der Waals surface area contributed by atoms with Gasteiger partial charge in [0.25, 0.3) is 5.69 Å². The number of pyridine rings is 1. The normalized spacial score (nSPS) is 11.4. The van der Waals surface area contributed by atoms with E-state index in [0.29, 0.717) is 5.03 Å². The molecule has 1 aromatic rings. The minimum Gasteiger partial charge on any atom is -0.409 e. The van der Waals surface area contributed by atoms with Crippen LogP contribution in [0, 0.1) is 10.1 Å². The third-order valence-corrected chi connectivity index (χ3v) is 2.34. The Morgan fingerprint density at radius 1 is 1.80 bits per heavy atom. The molecule has 1 aromatic heterocycles. The van der Waals surface area contributed by atoms with Crippen LogP contribution in [0.15, 0.2) is 22.4 Å². The van der Waals surface area contributed by atoms with Gasteiger partial charge in [0.15, 0.2) is 5.84 Å². The minimum atomic E-state index is -0.592. The molecule has 0 spiro atoms. The van der Waals surface area contributed by atoms with Gasteiger partial charge in [-0.15, -0.1) is 11.8 Å². The summed E-state index contributed by atoms with van der Waals surface area (Å²) in [5.74, 6) is -0.199. The van der Waals surface area contributed by atoms with Crippen molar-refractivity contribution in [2.75, 3.05) is 6.26 Å². The van der Waals surface area contributed by atoms with Crippen molar-refractivity contribution in [3.63, 3.8) is 0 Å². The van der Waals surface area contributed by atoms with E-state index in [1.54, 1.807) is 6.26 Å². The van der Waals surface area contributed by atoms with E-state index in [2.05, 4.69) is 10.1 Å². The SMILES string of the molecule is CSc1ncc([N+](=O)[O-])cc1C(N)=NO. The lowest BCUT2D eigenvalue weighted by atomic mass is 10.2. The van der Waals surface area contributed by atoms with Gasteiger partial charge in [0.2, 0.25) is 0 Å². The molecular formula is C7H8N4O3S. The van der Waals surface area contributed by atoms with Crippen LogP contribution in [0.5, 0.6) is 0 Å². The molecule has 0 radical (unpaired) electrons. The van der Waals surface area contributed by atoms with Crippen LogP contribution in [0.4, 0.5) is 5.69 Å². The average molecular weight is 228 g/mol. The van der Waals surface area contributed by atoms with Crippen LogP contribution in [0.2, 0.25) is 0 Å². The van der Waals surface area contributed by atoms with Gasteiger partial charge in [0.1, 0.15) is 11.2 Å². The van der Waals surface area contributed by atoms with Crippen LogP contribution in [-0.4, -0.2) is 27.2 Å². The van der Waals surface area contributed by atoms with Gasteiger partial charge in [0, 0.05) is 6.07 Å². The molecule has 0 saturated carbocycles. The molecule has 8 heteroatoms. The van der Waals surface area contributed by atoms with Gasteiger partial charge in [-0.25, -0.2) is 4.98 Å². The average Bonchev–Trinajstić information content (AvgIpc) is 2.27. The van der Waals surface area contributed by atoms with Crippen molar-refractivity contribution in [3.05, 3.63) is 27.9 Å². The minimum absolute atomic E-state index is 0.199. The summed E-state index contributed by atoms with van der Waals surface area (Å²) in [5.41, 5.74) is 5.41. The first-order valence-electron chi connectivity index (χ1n) is 3.76. The molecular weight excluding hydrogens is 220 g/mol. The van der Waals surface area contributed by atoms with Crippen LogP contribution >= 0.6 is 11.8 Å². The zero-order valence-electron chi connectivity index (χ0n) is 7.75. The topological polar surface area (TPSA) is 115 Å². The van der Waals surface area contributed by atoms with Gasteiger partial charge in [-0.2, -0.15) is 0 Å². The van der Waals surface area contributed by atoms with Crippen molar-refractivity contribution >= 4 is 23.3 Å². The van der Waals surface area contributed by atoms with Gasteiger partial charge >= 0.3 is 0 Å². The van der Waals surface area contributed by atoms with Crippen LogP contribution in [0.25, 0.3) is 0 Å². The summed E-state index contributed by atoms with van der Waals surface area (Å²) < 4.78 is 0. The number of nitrogens with two attached hydrogens (primary N) is 1. The maximum atomic E-state index is 10.5. The first kappa shape index (κ1) is 11.2. The molecule has 0 fully saturated rings. The Bertz CT molecular complexity index is 421. The number of nitro groups is 1. The highest BCUT2D eigenvalue weighted by molar-refractivity contribution is 7.98. The molecule has 3 N–H and O–H groups in total. The van der Waals surface area contributed by atoms with Gasteiger partial charge in [0.05, 0.1) is 10.5 Å². The number of aromatic nitrogens is 1. The summed E-state index contributed by atoms with van der Waals surface area (Å²) >= 11 is 1.25. The number of rotatable bonds is 3.